The van der Waals surface area contributed by atoms with Crippen molar-refractivity contribution >= 4 is 0 Å². The van der Waals surface area contributed by atoms with Gasteiger partial charge in [0.25, 0.3) is 0 Å². The van der Waals surface area contributed by atoms with E-state index in [4.69, 9.17) is 4.84 Å². The molecule has 0 aliphatic carbocycles. The summed E-state index contributed by atoms with van der Waals surface area (Å²) in [5.74, 6) is 0. The van der Waals surface area contributed by atoms with Gasteiger partial charge in [-0.05, 0) is 34.1 Å². The quantitative estimate of drug-likeness (QED) is 0.582. The van der Waals surface area contributed by atoms with Crippen LogP contribution < -0.4 is 0 Å². The van der Waals surface area contributed by atoms with E-state index in [0.29, 0.717) is 12.1 Å². The van der Waals surface area contributed by atoms with Crippen LogP contribution in [0, 0.1) is 0 Å². The Bertz CT molecular complexity index is 144. The molecule has 0 aromatic carbocycles. The summed E-state index contributed by atoms with van der Waals surface area (Å²) in [6.07, 6.45) is 1.44. The van der Waals surface area contributed by atoms with Crippen molar-refractivity contribution in [3.05, 3.63) is 0 Å². The molecule has 2 heteroatoms. The third-order valence-electron chi connectivity index (χ3n) is 2.74. The predicted molar refractivity (Wildman–Crippen MR) is 46.2 cm³/mol. The van der Waals surface area contributed by atoms with E-state index in [2.05, 4.69) is 39.7 Å². The van der Waals surface area contributed by atoms with Gasteiger partial charge in [-0.1, -0.05) is 6.92 Å². The molecule has 0 bridgehead atoms. The van der Waals surface area contributed by atoms with Gasteiger partial charge in [-0.25, -0.2) is 0 Å². The maximum Gasteiger partial charge on any atom is 0.0763 e. The topological polar surface area (TPSA) is 12.2 Å². The second-order valence-corrected chi connectivity index (χ2v) is 3.98. The minimum Gasteiger partial charge on any atom is -0.295 e. The highest BCUT2D eigenvalue weighted by molar-refractivity contribution is 5.03. The summed E-state index contributed by atoms with van der Waals surface area (Å²) in [5.41, 5.74) is 0.267. The first kappa shape index (κ1) is 9.01. The van der Waals surface area contributed by atoms with Crippen LogP contribution in [0.4, 0.5) is 0 Å². The molecule has 0 aromatic rings. The molecule has 1 aliphatic heterocycles. The van der Waals surface area contributed by atoms with Crippen LogP contribution in [0.25, 0.3) is 0 Å². The zero-order valence-electron chi connectivity index (χ0n) is 8.22. The summed E-state index contributed by atoms with van der Waals surface area (Å²) >= 11 is 0. The van der Waals surface area contributed by atoms with E-state index in [9.17, 15) is 0 Å². The Labute approximate surface area is 69.5 Å². The molecule has 2 nitrogen and oxygen atoms in total. The highest BCUT2D eigenvalue weighted by Gasteiger charge is 2.54. The maximum absolute atomic E-state index is 5.67. The van der Waals surface area contributed by atoms with Crippen molar-refractivity contribution < 1.29 is 4.84 Å². The molecular weight excluding hydrogens is 138 g/mol. The standard InChI is InChI=1S/C9H19NO/c1-6-7(2)11-10-8(3)9(10,4)5/h7-8H,6H2,1-5H3. The van der Waals surface area contributed by atoms with Gasteiger partial charge in [0.2, 0.25) is 0 Å². The molecule has 1 heterocycles. The average molecular weight is 157 g/mol. The second kappa shape index (κ2) is 2.76. The van der Waals surface area contributed by atoms with Crippen LogP contribution >= 0.6 is 0 Å². The Hall–Kier alpha value is -0.0800. The maximum atomic E-state index is 5.67. The lowest BCUT2D eigenvalue weighted by Crippen LogP contribution is -2.16. The number of hydrogen-bond acceptors (Lipinski definition) is 2. The van der Waals surface area contributed by atoms with Gasteiger partial charge in [0.1, 0.15) is 0 Å². The minimum absolute atomic E-state index is 0.267. The van der Waals surface area contributed by atoms with E-state index in [1.807, 2.05) is 0 Å². The van der Waals surface area contributed by atoms with E-state index in [0.717, 1.165) is 6.42 Å². The van der Waals surface area contributed by atoms with Crippen LogP contribution in [0.1, 0.15) is 41.0 Å². The van der Waals surface area contributed by atoms with Crippen molar-refractivity contribution in [3.63, 3.8) is 0 Å². The molecular formula is C9H19NO. The minimum atomic E-state index is 0.267. The van der Waals surface area contributed by atoms with Crippen LogP contribution in [0.3, 0.4) is 0 Å². The number of rotatable bonds is 3. The number of hydroxylamine groups is 2. The molecule has 0 saturated carbocycles. The molecule has 0 aromatic heterocycles. The molecule has 0 spiro atoms. The SMILES string of the molecule is CCC(C)ON1C(C)C1(C)C. The van der Waals surface area contributed by atoms with Crippen molar-refractivity contribution in [2.24, 2.45) is 0 Å². The predicted octanol–water partition coefficient (Wildman–Crippen LogP) is 2.20. The lowest BCUT2D eigenvalue weighted by molar-refractivity contribution is -0.136. The number of hydrogen-bond donors (Lipinski definition) is 0. The molecule has 1 rings (SSSR count). The molecule has 0 radical (unpaired) electrons. The molecule has 1 fully saturated rings. The summed E-state index contributed by atoms with van der Waals surface area (Å²) in [6.45, 7) is 10.9. The Kier molecular flexibility index (Phi) is 2.26. The zero-order chi connectivity index (χ0) is 8.65. The van der Waals surface area contributed by atoms with Crippen LogP contribution in [-0.2, 0) is 4.84 Å². The molecule has 1 saturated heterocycles. The van der Waals surface area contributed by atoms with Gasteiger partial charge >= 0.3 is 0 Å². The summed E-state index contributed by atoms with van der Waals surface area (Å²) < 4.78 is 0. The summed E-state index contributed by atoms with van der Waals surface area (Å²) in [7, 11) is 0. The fourth-order valence-electron chi connectivity index (χ4n) is 1.14. The molecule has 0 amide bonds. The van der Waals surface area contributed by atoms with E-state index in [1.165, 1.54) is 0 Å². The second-order valence-electron chi connectivity index (χ2n) is 3.98. The molecule has 0 N–H and O–H groups in total. The lowest BCUT2D eigenvalue weighted by atomic mass is 10.2. The Morgan fingerprint density at radius 3 is 2.27 bits per heavy atom. The first-order chi connectivity index (χ1) is 5.00. The van der Waals surface area contributed by atoms with Gasteiger partial charge in [-0.2, -0.15) is 5.06 Å². The van der Waals surface area contributed by atoms with E-state index in [1.54, 1.807) is 0 Å². The normalized spacial score (nSPS) is 36.8. The molecule has 66 valence electrons. The molecule has 3 unspecified atom stereocenters. The molecule has 3 atom stereocenters. The highest BCUT2D eigenvalue weighted by atomic mass is 16.7. The Morgan fingerprint density at radius 1 is 1.55 bits per heavy atom. The van der Waals surface area contributed by atoms with Crippen molar-refractivity contribution in [2.75, 3.05) is 0 Å². The Balaban J connectivity index is 2.31. The van der Waals surface area contributed by atoms with Gasteiger partial charge in [0.15, 0.2) is 0 Å². The fraction of sp³-hybridized carbons (Fsp3) is 1.00. The summed E-state index contributed by atoms with van der Waals surface area (Å²) in [6, 6.07) is 0.580. The lowest BCUT2D eigenvalue weighted by Gasteiger charge is -2.12. The average Bonchev–Trinajstić information content (AvgIpc) is 2.39. The molecule has 11 heavy (non-hydrogen) atoms. The third-order valence-corrected chi connectivity index (χ3v) is 2.74. The smallest absolute Gasteiger partial charge is 0.0763 e. The van der Waals surface area contributed by atoms with Crippen molar-refractivity contribution in [2.45, 2.75) is 58.7 Å². The van der Waals surface area contributed by atoms with Crippen molar-refractivity contribution in [3.8, 4) is 0 Å². The van der Waals surface area contributed by atoms with Gasteiger partial charge in [-0.15, -0.1) is 0 Å². The van der Waals surface area contributed by atoms with Gasteiger partial charge in [-0.3, -0.25) is 4.84 Å². The van der Waals surface area contributed by atoms with Gasteiger partial charge < -0.3 is 0 Å². The monoisotopic (exact) mass is 157 g/mol. The van der Waals surface area contributed by atoms with E-state index >= 15 is 0 Å². The van der Waals surface area contributed by atoms with E-state index in [-0.39, 0.29) is 5.54 Å². The third kappa shape index (κ3) is 1.57. The van der Waals surface area contributed by atoms with Crippen molar-refractivity contribution in [1.29, 1.82) is 0 Å². The van der Waals surface area contributed by atoms with Crippen molar-refractivity contribution in [1.82, 2.24) is 5.06 Å². The van der Waals surface area contributed by atoms with Crippen LogP contribution in [0.15, 0.2) is 0 Å². The first-order valence-electron chi connectivity index (χ1n) is 4.46. The largest absolute Gasteiger partial charge is 0.295 e. The molecule has 1 aliphatic rings. The van der Waals surface area contributed by atoms with Crippen LogP contribution in [-0.4, -0.2) is 22.7 Å². The first-order valence-corrected chi connectivity index (χ1v) is 4.46. The van der Waals surface area contributed by atoms with Crippen LogP contribution in [0.5, 0.6) is 0 Å². The van der Waals surface area contributed by atoms with E-state index < -0.39 is 0 Å². The zero-order valence-corrected chi connectivity index (χ0v) is 8.22. The summed E-state index contributed by atoms with van der Waals surface area (Å²) in [5, 5.41) is 2.08. The van der Waals surface area contributed by atoms with Gasteiger partial charge in [0.05, 0.1) is 17.7 Å². The number of nitrogens with zero attached hydrogens (tertiary/aromatic N) is 1. The fourth-order valence-corrected chi connectivity index (χ4v) is 1.14. The van der Waals surface area contributed by atoms with Gasteiger partial charge in [0, 0.05) is 0 Å². The summed E-state index contributed by atoms with van der Waals surface area (Å²) in [4.78, 5) is 5.67. The highest BCUT2D eigenvalue weighted by Crippen LogP contribution is 2.40. The Morgan fingerprint density at radius 2 is 2.00 bits per heavy atom. The van der Waals surface area contributed by atoms with Crippen LogP contribution in [0.2, 0.25) is 0 Å².